The van der Waals surface area contributed by atoms with Gasteiger partial charge in [0.05, 0.1) is 5.02 Å². The highest BCUT2D eigenvalue weighted by atomic mass is 35.5. The SMILES string of the molecule is O=C(NC1CC2CCC1N2)c1ccc(-c2ccc(Cl)cc2Cl)o1. The minimum Gasteiger partial charge on any atom is -0.451 e. The van der Waals surface area contributed by atoms with Crippen molar-refractivity contribution in [3.05, 3.63) is 46.1 Å². The van der Waals surface area contributed by atoms with Crippen molar-refractivity contribution in [2.75, 3.05) is 0 Å². The van der Waals surface area contributed by atoms with E-state index in [1.165, 1.54) is 6.42 Å². The van der Waals surface area contributed by atoms with Gasteiger partial charge in [0.25, 0.3) is 5.91 Å². The van der Waals surface area contributed by atoms with E-state index in [0.29, 0.717) is 33.6 Å². The monoisotopic (exact) mass is 350 g/mol. The van der Waals surface area contributed by atoms with Gasteiger partial charge in [-0.2, -0.15) is 0 Å². The summed E-state index contributed by atoms with van der Waals surface area (Å²) >= 11 is 12.1. The topological polar surface area (TPSA) is 54.3 Å². The van der Waals surface area contributed by atoms with E-state index in [9.17, 15) is 4.79 Å². The summed E-state index contributed by atoms with van der Waals surface area (Å²) in [5.41, 5.74) is 0.719. The van der Waals surface area contributed by atoms with Crippen molar-refractivity contribution in [1.82, 2.24) is 10.6 Å². The second-order valence-electron chi connectivity index (χ2n) is 6.15. The number of benzene rings is 1. The summed E-state index contributed by atoms with van der Waals surface area (Å²) in [4.78, 5) is 12.4. The van der Waals surface area contributed by atoms with Crippen molar-refractivity contribution in [2.45, 2.75) is 37.4 Å². The van der Waals surface area contributed by atoms with Crippen molar-refractivity contribution in [3.8, 4) is 11.3 Å². The van der Waals surface area contributed by atoms with Gasteiger partial charge in [-0.3, -0.25) is 4.79 Å². The van der Waals surface area contributed by atoms with Gasteiger partial charge in [0.15, 0.2) is 5.76 Å². The third-order valence-electron chi connectivity index (χ3n) is 4.64. The van der Waals surface area contributed by atoms with Crippen LogP contribution in [-0.4, -0.2) is 24.0 Å². The highest BCUT2D eigenvalue weighted by molar-refractivity contribution is 6.36. The van der Waals surface area contributed by atoms with E-state index in [2.05, 4.69) is 10.6 Å². The van der Waals surface area contributed by atoms with E-state index in [4.69, 9.17) is 27.6 Å². The van der Waals surface area contributed by atoms with Crippen molar-refractivity contribution < 1.29 is 9.21 Å². The minimum atomic E-state index is -0.180. The quantitative estimate of drug-likeness (QED) is 0.883. The number of carbonyl (C=O) groups is 1. The third kappa shape index (κ3) is 2.87. The molecule has 0 radical (unpaired) electrons. The zero-order chi connectivity index (χ0) is 16.0. The Kier molecular flexibility index (Phi) is 3.84. The molecule has 2 aliphatic heterocycles. The van der Waals surface area contributed by atoms with Crippen molar-refractivity contribution >= 4 is 29.1 Å². The van der Waals surface area contributed by atoms with Crippen LogP contribution in [0.5, 0.6) is 0 Å². The van der Waals surface area contributed by atoms with Gasteiger partial charge in [-0.05, 0) is 49.6 Å². The Balaban J connectivity index is 1.50. The maximum Gasteiger partial charge on any atom is 0.287 e. The highest BCUT2D eigenvalue weighted by Gasteiger charge is 2.39. The minimum absolute atomic E-state index is 0.180. The molecule has 3 unspecified atom stereocenters. The largest absolute Gasteiger partial charge is 0.451 e. The van der Waals surface area contributed by atoms with Gasteiger partial charge < -0.3 is 15.1 Å². The highest BCUT2D eigenvalue weighted by Crippen LogP contribution is 2.32. The Labute approximate surface area is 144 Å². The molecule has 4 nitrogen and oxygen atoms in total. The van der Waals surface area contributed by atoms with E-state index < -0.39 is 0 Å². The predicted octanol–water partition coefficient (Wildman–Crippen LogP) is 3.88. The lowest BCUT2D eigenvalue weighted by Gasteiger charge is -2.20. The molecule has 6 heteroatoms. The van der Waals surface area contributed by atoms with Gasteiger partial charge in [-0.1, -0.05) is 23.2 Å². The number of halogens is 2. The molecule has 0 saturated carbocycles. The normalized spacial score (nSPS) is 25.7. The van der Waals surface area contributed by atoms with Crippen LogP contribution in [0.3, 0.4) is 0 Å². The molecule has 0 aliphatic carbocycles. The van der Waals surface area contributed by atoms with Crippen molar-refractivity contribution in [3.63, 3.8) is 0 Å². The van der Waals surface area contributed by atoms with Gasteiger partial charge in [0.1, 0.15) is 5.76 Å². The fraction of sp³-hybridized carbons (Fsp3) is 0.353. The summed E-state index contributed by atoms with van der Waals surface area (Å²) in [5, 5.41) is 7.63. The summed E-state index contributed by atoms with van der Waals surface area (Å²) in [7, 11) is 0. The number of furan rings is 1. The lowest BCUT2D eigenvalue weighted by Crippen LogP contribution is -2.42. The number of fused-ring (bicyclic) bond motifs is 2. The first-order valence-corrected chi connectivity index (χ1v) is 8.48. The first-order valence-electron chi connectivity index (χ1n) is 7.72. The van der Waals surface area contributed by atoms with Gasteiger partial charge in [-0.25, -0.2) is 0 Å². The Hall–Kier alpha value is -1.49. The van der Waals surface area contributed by atoms with Gasteiger partial charge in [0, 0.05) is 28.7 Å². The summed E-state index contributed by atoms with van der Waals surface area (Å²) < 4.78 is 5.68. The average Bonchev–Trinajstić information content (AvgIpc) is 3.23. The van der Waals surface area contributed by atoms with E-state index >= 15 is 0 Å². The Morgan fingerprint density at radius 1 is 1.22 bits per heavy atom. The second-order valence-corrected chi connectivity index (χ2v) is 6.99. The number of hydrogen-bond acceptors (Lipinski definition) is 3. The molecule has 2 fully saturated rings. The molecule has 4 rings (SSSR count). The predicted molar refractivity (Wildman–Crippen MR) is 90.0 cm³/mol. The first-order chi connectivity index (χ1) is 11.1. The van der Waals surface area contributed by atoms with Crippen LogP contribution in [0, 0.1) is 0 Å². The number of nitrogens with one attached hydrogen (secondary N) is 2. The van der Waals surface area contributed by atoms with Crippen LogP contribution in [0.2, 0.25) is 10.0 Å². The first kappa shape index (κ1) is 15.1. The van der Waals surface area contributed by atoms with E-state index in [-0.39, 0.29) is 11.9 Å². The second kappa shape index (κ2) is 5.86. The maximum atomic E-state index is 12.4. The summed E-state index contributed by atoms with van der Waals surface area (Å²) in [6.07, 6.45) is 3.32. The average molecular weight is 351 g/mol. The molecule has 23 heavy (non-hydrogen) atoms. The van der Waals surface area contributed by atoms with Gasteiger partial charge >= 0.3 is 0 Å². The van der Waals surface area contributed by atoms with Crippen LogP contribution in [0.4, 0.5) is 0 Å². The maximum absolute atomic E-state index is 12.4. The van der Waals surface area contributed by atoms with Crippen molar-refractivity contribution in [2.24, 2.45) is 0 Å². The Morgan fingerprint density at radius 3 is 2.78 bits per heavy atom. The van der Waals surface area contributed by atoms with Crippen LogP contribution >= 0.6 is 23.2 Å². The van der Waals surface area contributed by atoms with E-state index in [1.807, 2.05) is 0 Å². The molecule has 2 saturated heterocycles. The van der Waals surface area contributed by atoms with E-state index in [1.54, 1.807) is 30.3 Å². The Morgan fingerprint density at radius 2 is 2.09 bits per heavy atom. The third-order valence-corrected chi connectivity index (χ3v) is 5.19. The molecule has 2 aliphatic rings. The molecule has 2 bridgehead atoms. The lowest BCUT2D eigenvalue weighted by molar-refractivity contribution is 0.0903. The summed E-state index contributed by atoms with van der Waals surface area (Å²) in [6.45, 7) is 0. The zero-order valence-corrected chi connectivity index (χ0v) is 13.8. The number of amides is 1. The number of carbonyl (C=O) groups excluding carboxylic acids is 1. The Bertz CT molecular complexity index is 759. The molecule has 1 aromatic heterocycles. The zero-order valence-electron chi connectivity index (χ0n) is 12.3. The fourth-order valence-electron chi connectivity index (χ4n) is 3.52. The van der Waals surface area contributed by atoms with Crippen molar-refractivity contribution in [1.29, 1.82) is 0 Å². The van der Waals surface area contributed by atoms with Crippen LogP contribution in [-0.2, 0) is 0 Å². The smallest absolute Gasteiger partial charge is 0.287 e. The van der Waals surface area contributed by atoms with Crippen LogP contribution in [0.15, 0.2) is 34.7 Å². The van der Waals surface area contributed by atoms with Gasteiger partial charge in [0.2, 0.25) is 0 Å². The fourth-order valence-corrected chi connectivity index (χ4v) is 4.02. The molecular formula is C17H16Cl2N2O2. The molecule has 2 N–H and O–H groups in total. The lowest BCUT2D eigenvalue weighted by atomic mass is 9.95. The molecule has 0 spiro atoms. The molecule has 3 atom stereocenters. The standard InChI is InChI=1S/C17H16Cl2N2O2/c18-9-1-3-11(12(19)7-9)15-5-6-16(23-15)17(22)21-14-8-10-2-4-13(14)20-10/h1,3,5-7,10,13-14,20H,2,4,8H2,(H,21,22). The van der Waals surface area contributed by atoms with Crippen LogP contribution in [0.25, 0.3) is 11.3 Å². The molecule has 1 aromatic carbocycles. The molecular weight excluding hydrogens is 335 g/mol. The van der Waals surface area contributed by atoms with Crippen LogP contribution < -0.4 is 10.6 Å². The number of rotatable bonds is 3. The molecule has 3 heterocycles. The molecule has 2 aromatic rings. The number of hydrogen-bond donors (Lipinski definition) is 2. The van der Waals surface area contributed by atoms with E-state index in [0.717, 1.165) is 18.4 Å². The summed E-state index contributed by atoms with van der Waals surface area (Å²) in [6, 6.07) is 9.74. The van der Waals surface area contributed by atoms with Gasteiger partial charge in [-0.15, -0.1) is 0 Å². The molecule has 120 valence electrons. The van der Waals surface area contributed by atoms with Crippen LogP contribution in [0.1, 0.15) is 29.8 Å². The molecule has 1 amide bonds. The summed E-state index contributed by atoms with van der Waals surface area (Å²) in [5.74, 6) is 0.678.